The van der Waals surface area contributed by atoms with E-state index in [2.05, 4.69) is 35.8 Å². The van der Waals surface area contributed by atoms with E-state index in [1.165, 1.54) is 0 Å². The van der Waals surface area contributed by atoms with Gasteiger partial charge < -0.3 is 14.8 Å². The molecule has 0 radical (unpaired) electrons. The van der Waals surface area contributed by atoms with Gasteiger partial charge in [-0.25, -0.2) is 15.0 Å². The van der Waals surface area contributed by atoms with Crippen molar-refractivity contribution in [3.8, 4) is 6.07 Å². The highest BCUT2D eigenvalue weighted by atomic mass is 35.5. The van der Waals surface area contributed by atoms with Crippen LogP contribution in [-0.2, 0) is 0 Å². The van der Waals surface area contributed by atoms with Crippen molar-refractivity contribution in [1.29, 1.82) is 5.26 Å². The molecule has 1 aliphatic heterocycles. The van der Waals surface area contributed by atoms with Gasteiger partial charge in [0, 0.05) is 38.4 Å². The number of hydrogen-bond acceptors (Lipinski definition) is 6. The van der Waals surface area contributed by atoms with Gasteiger partial charge in [0.15, 0.2) is 0 Å². The van der Waals surface area contributed by atoms with Crippen LogP contribution < -0.4 is 9.80 Å². The molecule has 8 heteroatoms. The molecule has 4 rings (SSSR count). The molecule has 0 amide bonds. The second kappa shape index (κ2) is 6.46. The van der Waals surface area contributed by atoms with Crippen LogP contribution in [-0.4, -0.2) is 46.1 Å². The quantitative estimate of drug-likeness (QED) is 0.766. The lowest BCUT2D eigenvalue weighted by atomic mass is 10.2. The minimum Gasteiger partial charge on any atom is -0.355 e. The largest absolute Gasteiger partial charge is 0.355 e. The Balaban J connectivity index is 1.57. The fourth-order valence-corrected chi connectivity index (χ4v) is 3.76. The van der Waals surface area contributed by atoms with E-state index < -0.39 is 0 Å². The fourth-order valence-electron chi connectivity index (χ4n) is 3.48. The number of hydrogen-bond donors (Lipinski definition) is 1. The van der Waals surface area contributed by atoms with E-state index in [-0.39, 0.29) is 6.04 Å². The highest BCUT2D eigenvalue weighted by molar-refractivity contribution is 6.32. The molecule has 0 unspecified atom stereocenters. The van der Waals surface area contributed by atoms with Gasteiger partial charge in [-0.2, -0.15) is 5.26 Å². The van der Waals surface area contributed by atoms with E-state index in [0.29, 0.717) is 16.3 Å². The molecule has 0 bridgehead atoms. The summed E-state index contributed by atoms with van der Waals surface area (Å²) in [5, 5.41) is 10.6. The Morgan fingerprint density at radius 2 is 2.27 bits per heavy atom. The molecule has 1 aliphatic rings. The number of halogens is 1. The third-order valence-electron chi connectivity index (χ3n) is 4.96. The molecule has 3 aromatic rings. The van der Waals surface area contributed by atoms with E-state index in [4.69, 9.17) is 16.9 Å². The molecule has 0 aliphatic carbocycles. The Kier molecular flexibility index (Phi) is 4.13. The molecule has 1 fully saturated rings. The smallest absolute Gasteiger partial charge is 0.142 e. The van der Waals surface area contributed by atoms with E-state index >= 15 is 0 Å². The lowest BCUT2D eigenvalue weighted by Crippen LogP contribution is -2.35. The molecular formula is C18H18ClN7. The van der Waals surface area contributed by atoms with Gasteiger partial charge in [-0.1, -0.05) is 11.6 Å². The summed E-state index contributed by atoms with van der Waals surface area (Å²) in [6, 6.07) is 6.17. The first-order valence-corrected chi connectivity index (χ1v) is 8.79. The number of aromatic nitrogens is 4. The zero-order valence-electron chi connectivity index (χ0n) is 14.6. The monoisotopic (exact) mass is 367 g/mol. The number of pyridine rings is 1. The Morgan fingerprint density at radius 3 is 3.04 bits per heavy atom. The maximum atomic E-state index is 9.16. The van der Waals surface area contributed by atoms with Crippen LogP contribution >= 0.6 is 11.6 Å². The summed E-state index contributed by atoms with van der Waals surface area (Å²) in [7, 11) is 2.02. The van der Waals surface area contributed by atoms with Gasteiger partial charge in [0.2, 0.25) is 0 Å². The topological polar surface area (TPSA) is 84.7 Å². The number of anilines is 2. The van der Waals surface area contributed by atoms with Crippen molar-refractivity contribution >= 4 is 34.3 Å². The maximum absolute atomic E-state index is 9.16. The molecule has 1 N–H and O–H groups in total. The van der Waals surface area contributed by atoms with E-state index in [1.807, 2.05) is 26.2 Å². The number of aryl methyl sites for hydroxylation is 1. The first kappa shape index (κ1) is 16.6. The van der Waals surface area contributed by atoms with Gasteiger partial charge in [-0.3, -0.25) is 0 Å². The van der Waals surface area contributed by atoms with Gasteiger partial charge in [-0.05, 0) is 19.4 Å². The molecule has 0 spiro atoms. The number of nitrogens with one attached hydrogen (secondary N) is 1. The summed E-state index contributed by atoms with van der Waals surface area (Å²) in [5.41, 5.74) is 1.94. The van der Waals surface area contributed by atoms with Crippen LogP contribution in [0.2, 0.25) is 5.02 Å². The predicted molar refractivity (Wildman–Crippen MR) is 102 cm³/mol. The molecule has 1 atom stereocenters. The number of likely N-dealkylation sites (N-methyl/N-ethyl adjacent to an activating group) is 1. The Hall–Kier alpha value is -2.85. The van der Waals surface area contributed by atoms with Crippen molar-refractivity contribution in [2.75, 3.05) is 29.9 Å². The van der Waals surface area contributed by atoms with Gasteiger partial charge >= 0.3 is 0 Å². The Morgan fingerprint density at radius 1 is 1.42 bits per heavy atom. The SMILES string of the molecule is Cc1nc(N(C)[C@@H]2CCN(c3ncnc4[nH]ccc34)C2)cc(Cl)c1C#N. The fraction of sp³-hybridized carbons (Fsp3) is 0.333. The lowest BCUT2D eigenvalue weighted by molar-refractivity contribution is 0.683. The van der Waals surface area contributed by atoms with Crippen molar-refractivity contribution in [3.05, 3.63) is 40.9 Å². The van der Waals surface area contributed by atoms with Gasteiger partial charge in [0.05, 0.1) is 21.7 Å². The second-order valence-corrected chi connectivity index (χ2v) is 6.88. The van der Waals surface area contributed by atoms with Gasteiger partial charge in [0.25, 0.3) is 0 Å². The number of nitriles is 1. The highest BCUT2D eigenvalue weighted by Gasteiger charge is 2.29. The standard InChI is InChI=1S/C18H18ClN7/c1-11-14(8-20)15(19)7-16(24-11)25(2)12-4-6-26(9-12)18-13-3-5-21-17(13)22-10-23-18/h3,5,7,10,12H,4,6,9H2,1-2H3,(H,21,22,23)/t12-/m1/s1. The first-order chi connectivity index (χ1) is 12.6. The van der Waals surface area contributed by atoms with Crippen LogP contribution in [0.4, 0.5) is 11.6 Å². The van der Waals surface area contributed by atoms with Crippen LogP contribution in [0.25, 0.3) is 11.0 Å². The summed E-state index contributed by atoms with van der Waals surface area (Å²) < 4.78 is 0. The maximum Gasteiger partial charge on any atom is 0.142 e. The summed E-state index contributed by atoms with van der Waals surface area (Å²) in [6.07, 6.45) is 4.47. The van der Waals surface area contributed by atoms with Crippen LogP contribution in [0.1, 0.15) is 17.7 Å². The minimum atomic E-state index is 0.287. The summed E-state index contributed by atoms with van der Waals surface area (Å²) in [4.78, 5) is 20.8. The zero-order valence-corrected chi connectivity index (χ0v) is 15.3. The van der Waals surface area contributed by atoms with Crippen molar-refractivity contribution in [1.82, 2.24) is 19.9 Å². The number of nitrogens with zero attached hydrogens (tertiary/aromatic N) is 6. The molecule has 3 aromatic heterocycles. The summed E-state index contributed by atoms with van der Waals surface area (Å²) in [5.74, 6) is 1.74. The third kappa shape index (κ3) is 2.72. The average Bonchev–Trinajstić information content (AvgIpc) is 3.30. The van der Waals surface area contributed by atoms with Crippen LogP contribution in [0.3, 0.4) is 0 Å². The van der Waals surface area contributed by atoms with Crippen LogP contribution in [0.15, 0.2) is 24.7 Å². The second-order valence-electron chi connectivity index (χ2n) is 6.47. The number of rotatable bonds is 3. The Bertz CT molecular complexity index is 983. The van der Waals surface area contributed by atoms with Gasteiger partial charge in [-0.15, -0.1) is 0 Å². The van der Waals surface area contributed by atoms with Crippen LogP contribution in [0, 0.1) is 18.3 Å². The molecular weight excluding hydrogens is 350 g/mol. The molecule has 4 heterocycles. The minimum absolute atomic E-state index is 0.287. The van der Waals surface area contributed by atoms with Gasteiger partial charge in [0.1, 0.15) is 29.7 Å². The van der Waals surface area contributed by atoms with Crippen molar-refractivity contribution in [2.45, 2.75) is 19.4 Å². The number of fused-ring (bicyclic) bond motifs is 1. The first-order valence-electron chi connectivity index (χ1n) is 8.41. The summed E-state index contributed by atoms with van der Waals surface area (Å²) >= 11 is 6.24. The van der Waals surface area contributed by atoms with Crippen molar-refractivity contribution < 1.29 is 0 Å². The normalized spacial score (nSPS) is 16.8. The van der Waals surface area contributed by atoms with Crippen molar-refractivity contribution in [2.24, 2.45) is 0 Å². The third-order valence-corrected chi connectivity index (χ3v) is 5.25. The molecule has 26 heavy (non-hydrogen) atoms. The lowest BCUT2D eigenvalue weighted by Gasteiger charge is -2.27. The number of H-pyrrole nitrogens is 1. The summed E-state index contributed by atoms with van der Waals surface area (Å²) in [6.45, 7) is 3.56. The molecule has 132 valence electrons. The van der Waals surface area contributed by atoms with E-state index in [0.717, 1.165) is 42.2 Å². The highest BCUT2D eigenvalue weighted by Crippen LogP contribution is 2.29. The molecule has 1 saturated heterocycles. The zero-order chi connectivity index (χ0) is 18.3. The molecule has 0 saturated carbocycles. The van der Waals surface area contributed by atoms with E-state index in [1.54, 1.807) is 12.4 Å². The Labute approximate surface area is 156 Å². The van der Waals surface area contributed by atoms with Crippen LogP contribution in [0.5, 0.6) is 0 Å². The predicted octanol–water partition coefficient (Wildman–Crippen LogP) is 2.90. The van der Waals surface area contributed by atoms with E-state index in [9.17, 15) is 0 Å². The number of aromatic amines is 1. The van der Waals surface area contributed by atoms with Crippen molar-refractivity contribution in [3.63, 3.8) is 0 Å². The average molecular weight is 368 g/mol. The molecule has 7 nitrogen and oxygen atoms in total. The molecule has 0 aromatic carbocycles.